The third-order valence-electron chi connectivity index (χ3n) is 2.44. The number of hydrogen-bond acceptors (Lipinski definition) is 3. The molecule has 0 aromatic rings. The van der Waals surface area contributed by atoms with Gasteiger partial charge in [0.25, 0.3) is 0 Å². The minimum atomic E-state index is 0.163. The van der Waals surface area contributed by atoms with Gasteiger partial charge in [0, 0.05) is 19.6 Å². The van der Waals surface area contributed by atoms with E-state index in [1.54, 1.807) is 13.2 Å². The summed E-state index contributed by atoms with van der Waals surface area (Å²) in [7, 11) is 1.64. The zero-order chi connectivity index (χ0) is 16.9. The molecule has 0 bridgehead atoms. The fraction of sp³-hybridized carbons (Fsp3) is 0.611. The summed E-state index contributed by atoms with van der Waals surface area (Å²) in [6, 6.07) is 0.163. The molecule has 21 heavy (non-hydrogen) atoms. The highest BCUT2D eigenvalue weighted by Crippen LogP contribution is 2.07. The Morgan fingerprint density at radius 1 is 1.33 bits per heavy atom. The number of carbonyl (C=O) groups is 1. The summed E-state index contributed by atoms with van der Waals surface area (Å²) < 4.78 is 4.57. The molecule has 0 aliphatic heterocycles. The quantitative estimate of drug-likeness (QED) is 0.505. The van der Waals surface area contributed by atoms with Crippen LogP contribution < -0.4 is 5.73 Å². The van der Waals surface area contributed by atoms with Crippen molar-refractivity contribution in [1.82, 2.24) is 0 Å². The Morgan fingerprint density at radius 3 is 2.33 bits per heavy atom. The Morgan fingerprint density at radius 2 is 1.95 bits per heavy atom. The molecular formula is C18H35NO2. The van der Waals surface area contributed by atoms with Crippen LogP contribution in [0.3, 0.4) is 0 Å². The third-order valence-corrected chi connectivity index (χ3v) is 2.44. The SMILES string of the molecule is C=CCOC.CC.CC/C=C(\C)C(N)CC/C=C/CC=O. The first-order chi connectivity index (χ1) is 10.1. The lowest BCUT2D eigenvalue weighted by atomic mass is 10.0. The van der Waals surface area contributed by atoms with Crippen molar-refractivity contribution in [1.29, 1.82) is 0 Å². The molecule has 0 radical (unpaired) electrons. The summed E-state index contributed by atoms with van der Waals surface area (Å²) >= 11 is 0. The first kappa shape index (κ1) is 24.8. The number of hydrogen-bond donors (Lipinski definition) is 1. The molecule has 0 aromatic heterocycles. The molecule has 0 saturated carbocycles. The smallest absolute Gasteiger partial charge is 0.123 e. The summed E-state index contributed by atoms with van der Waals surface area (Å²) in [6.45, 7) is 12.3. The number of ether oxygens (including phenoxy) is 1. The van der Waals surface area contributed by atoms with Crippen molar-refractivity contribution in [2.24, 2.45) is 5.73 Å². The highest BCUT2D eigenvalue weighted by Gasteiger charge is 2.01. The molecule has 3 heteroatoms. The lowest BCUT2D eigenvalue weighted by Crippen LogP contribution is -2.20. The summed E-state index contributed by atoms with van der Waals surface area (Å²) in [4.78, 5) is 10.0. The highest BCUT2D eigenvalue weighted by molar-refractivity contribution is 5.51. The standard InChI is InChI=1S/C12H21NO.C4H8O.C2H6/c1-3-8-11(2)12(13)9-6-4-5-7-10-14;1-3-4-5-2;1-2/h4-5,8,10,12H,3,6-7,9,13H2,1-2H3;3H,1,4H2,2H3;1-2H3/b5-4+,11-8+;;. The van der Waals surface area contributed by atoms with Crippen LogP contribution in [0.1, 0.15) is 53.4 Å². The van der Waals surface area contributed by atoms with Gasteiger partial charge >= 0.3 is 0 Å². The fourth-order valence-corrected chi connectivity index (χ4v) is 1.36. The van der Waals surface area contributed by atoms with Gasteiger partial charge in [0.1, 0.15) is 6.29 Å². The first-order valence-corrected chi connectivity index (χ1v) is 7.74. The molecule has 0 saturated heterocycles. The number of carbonyl (C=O) groups excluding carboxylic acids is 1. The van der Waals surface area contributed by atoms with Crippen molar-refractivity contribution in [3.05, 3.63) is 36.5 Å². The monoisotopic (exact) mass is 297 g/mol. The van der Waals surface area contributed by atoms with Crippen LogP contribution in [0.2, 0.25) is 0 Å². The number of methoxy groups -OCH3 is 1. The van der Waals surface area contributed by atoms with Crippen LogP contribution in [0.15, 0.2) is 36.5 Å². The molecule has 0 aliphatic carbocycles. The summed E-state index contributed by atoms with van der Waals surface area (Å²) in [5, 5.41) is 0. The maximum atomic E-state index is 10.0. The minimum absolute atomic E-state index is 0.163. The summed E-state index contributed by atoms with van der Waals surface area (Å²) in [6.07, 6.45) is 12.1. The Kier molecular flexibility index (Phi) is 28.2. The van der Waals surface area contributed by atoms with E-state index in [9.17, 15) is 4.79 Å². The van der Waals surface area contributed by atoms with E-state index in [-0.39, 0.29) is 6.04 Å². The van der Waals surface area contributed by atoms with Crippen molar-refractivity contribution < 1.29 is 9.53 Å². The molecule has 3 nitrogen and oxygen atoms in total. The minimum Gasteiger partial charge on any atom is -0.381 e. The second-order valence-corrected chi connectivity index (χ2v) is 4.16. The number of nitrogens with two attached hydrogens (primary N) is 1. The van der Waals surface area contributed by atoms with Crippen molar-refractivity contribution in [3.8, 4) is 0 Å². The maximum absolute atomic E-state index is 10.0. The Bertz CT molecular complexity index is 270. The molecule has 0 aliphatic rings. The molecule has 1 unspecified atom stereocenters. The van der Waals surface area contributed by atoms with Gasteiger partial charge in [-0.1, -0.05) is 50.6 Å². The van der Waals surface area contributed by atoms with Gasteiger partial charge in [-0.05, 0) is 26.2 Å². The van der Waals surface area contributed by atoms with E-state index >= 15 is 0 Å². The molecule has 0 fully saturated rings. The Labute approximate surface area is 132 Å². The van der Waals surface area contributed by atoms with Crippen LogP contribution in [0.5, 0.6) is 0 Å². The van der Waals surface area contributed by atoms with Crippen molar-refractivity contribution in [2.75, 3.05) is 13.7 Å². The van der Waals surface area contributed by atoms with E-state index < -0.39 is 0 Å². The third kappa shape index (κ3) is 24.2. The van der Waals surface area contributed by atoms with Gasteiger partial charge in [-0.2, -0.15) is 0 Å². The normalized spacial score (nSPS) is 11.8. The number of aldehydes is 1. The van der Waals surface area contributed by atoms with E-state index in [0.29, 0.717) is 13.0 Å². The molecule has 0 spiro atoms. The first-order valence-electron chi connectivity index (χ1n) is 7.74. The number of allylic oxidation sites excluding steroid dienone is 3. The van der Waals surface area contributed by atoms with Gasteiger partial charge < -0.3 is 15.3 Å². The number of rotatable bonds is 9. The molecule has 1 atom stereocenters. The van der Waals surface area contributed by atoms with Crippen LogP contribution in [-0.2, 0) is 9.53 Å². The fourth-order valence-electron chi connectivity index (χ4n) is 1.36. The van der Waals surface area contributed by atoms with Gasteiger partial charge in [-0.15, -0.1) is 6.58 Å². The van der Waals surface area contributed by atoms with E-state index in [1.807, 2.05) is 26.0 Å². The van der Waals surface area contributed by atoms with Crippen LogP contribution in [0.25, 0.3) is 0 Å². The van der Waals surface area contributed by atoms with Gasteiger partial charge in [0.05, 0.1) is 6.61 Å². The van der Waals surface area contributed by atoms with Gasteiger partial charge in [-0.25, -0.2) is 0 Å². The van der Waals surface area contributed by atoms with Crippen molar-refractivity contribution in [3.63, 3.8) is 0 Å². The van der Waals surface area contributed by atoms with Gasteiger partial charge in [-0.3, -0.25) is 0 Å². The maximum Gasteiger partial charge on any atom is 0.123 e. The molecule has 0 heterocycles. The van der Waals surface area contributed by atoms with E-state index in [1.165, 1.54) is 5.57 Å². The van der Waals surface area contributed by atoms with Crippen molar-refractivity contribution >= 4 is 6.29 Å². The molecule has 0 rings (SSSR count). The van der Waals surface area contributed by atoms with Crippen LogP contribution in [0, 0.1) is 0 Å². The zero-order valence-corrected chi connectivity index (χ0v) is 14.6. The lowest BCUT2D eigenvalue weighted by molar-refractivity contribution is -0.107. The molecule has 0 amide bonds. The highest BCUT2D eigenvalue weighted by atomic mass is 16.5. The van der Waals surface area contributed by atoms with E-state index in [4.69, 9.17) is 5.73 Å². The average molecular weight is 297 g/mol. The van der Waals surface area contributed by atoms with Gasteiger partial charge in [0.2, 0.25) is 0 Å². The summed E-state index contributed by atoms with van der Waals surface area (Å²) in [5.74, 6) is 0. The second kappa shape index (κ2) is 23.9. The predicted octanol–water partition coefficient (Wildman–Crippen LogP) is 4.44. The van der Waals surface area contributed by atoms with E-state index in [0.717, 1.165) is 25.5 Å². The van der Waals surface area contributed by atoms with Crippen LogP contribution >= 0.6 is 0 Å². The molecule has 124 valence electrons. The Balaban J connectivity index is -0.000000389. The van der Waals surface area contributed by atoms with Crippen LogP contribution in [-0.4, -0.2) is 26.0 Å². The largest absolute Gasteiger partial charge is 0.381 e. The second-order valence-electron chi connectivity index (χ2n) is 4.16. The molecule has 0 aromatic carbocycles. The lowest BCUT2D eigenvalue weighted by Gasteiger charge is -2.10. The predicted molar refractivity (Wildman–Crippen MR) is 94.5 cm³/mol. The van der Waals surface area contributed by atoms with E-state index in [2.05, 4.69) is 31.2 Å². The van der Waals surface area contributed by atoms with Crippen LogP contribution in [0.4, 0.5) is 0 Å². The zero-order valence-electron chi connectivity index (χ0n) is 14.6. The molecular weight excluding hydrogens is 262 g/mol. The summed E-state index contributed by atoms with van der Waals surface area (Å²) in [5.41, 5.74) is 7.21. The topological polar surface area (TPSA) is 52.3 Å². The molecule has 2 N–H and O–H groups in total. The van der Waals surface area contributed by atoms with Crippen molar-refractivity contribution in [2.45, 2.75) is 59.4 Å². The average Bonchev–Trinajstić information content (AvgIpc) is 2.50. The van der Waals surface area contributed by atoms with Gasteiger partial charge in [0.15, 0.2) is 0 Å². The Hall–Kier alpha value is -1.19.